The smallest absolute Gasteiger partial charge is 0.312 e. The number of hydrogen-bond acceptors (Lipinski definition) is 3. The third kappa shape index (κ3) is 2.18. The van der Waals surface area contributed by atoms with Crippen LogP contribution in [0.5, 0.6) is 0 Å². The third-order valence-corrected chi connectivity index (χ3v) is 4.62. The summed E-state index contributed by atoms with van der Waals surface area (Å²) in [7, 11) is 1.68. The third-order valence-electron chi connectivity index (χ3n) is 4.62. The van der Waals surface area contributed by atoms with E-state index < -0.39 is 5.54 Å². The van der Waals surface area contributed by atoms with E-state index in [1.165, 1.54) is 4.90 Å². The van der Waals surface area contributed by atoms with Gasteiger partial charge in [0.2, 0.25) is 0 Å². The van der Waals surface area contributed by atoms with E-state index in [4.69, 9.17) is 0 Å². The standard InChI is InChI=1S/C16H14N3O2.Rb/c1-9-3-4-10-5-11-7-16(8-12(11)6-13(10)17-9)14(20)18-15(21)19(16)2;/h3-6H,1,7-8H2,2H3,(H,18,20,21);/q-1;+1/t16-;/m1./s1. The number of carbonyl (C=O) groups excluding carboxylic acids is 2. The number of hydrogen-bond donors (Lipinski definition) is 1. The van der Waals surface area contributed by atoms with Gasteiger partial charge in [-0.1, -0.05) is 6.07 Å². The van der Waals surface area contributed by atoms with E-state index in [0.29, 0.717) is 12.8 Å². The van der Waals surface area contributed by atoms with Crippen LogP contribution in [0.3, 0.4) is 0 Å². The van der Waals surface area contributed by atoms with Crippen LogP contribution in [-0.4, -0.2) is 34.4 Å². The summed E-state index contributed by atoms with van der Waals surface area (Å²) in [6.45, 7) is 3.84. The van der Waals surface area contributed by atoms with Crippen molar-refractivity contribution in [3.05, 3.63) is 48.0 Å². The zero-order valence-corrected chi connectivity index (χ0v) is 17.6. The van der Waals surface area contributed by atoms with Crippen LogP contribution in [0.25, 0.3) is 10.9 Å². The molecule has 0 bridgehead atoms. The number of pyridine rings is 1. The topological polar surface area (TPSA) is 62.3 Å². The Balaban J connectivity index is 0.00000144. The minimum absolute atomic E-state index is 0. The molecule has 2 aliphatic rings. The second-order valence-corrected chi connectivity index (χ2v) is 5.82. The summed E-state index contributed by atoms with van der Waals surface area (Å²) >= 11 is 0. The van der Waals surface area contributed by atoms with Gasteiger partial charge < -0.3 is 4.90 Å². The Bertz CT molecular complexity index is 820. The quantitative estimate of drug-likeness (QED) is 0.454. The van der Waals surface area contributed by atoms with E-state index in [0.717, 1.165) is 27.7 Å². The number of urea groups is 1. The number of amides is 3. The second-order valence-electron chi connectivity index (χ2n) is 5.82. The molecule has 2 aromatic rings. The number of fused-ring (bicyclic) bond motifs is 2. The van der Waals surface area contributed by atoms with Crippen molar-refractivity contribution < 1.29 is 67.8 Å². The molecule has 3 amide bonds. The van der Waals surface area contributed by atoms with Gasteiger partial charge in [0, 0.05) is 19.9 Å². The SMILES string of the molecule is [CH2-]c1ccc2cc3c(cc2n1)C[C@]1(C3)C(=O)NC(=O)N1C.[Rb+]. The zero-order chi connectivity index (χ0) is 14.8. The van der Waals surface area contributed by atoms with Crippen molar-refractivity contribution in [2.75, 3.05) is 7.05 Å². The maximum Gasteiger partial charge on any atom is 1.00 e. The number of imide groups is 1. The summed E-state index contributed by atoms with van der Waals surface area (Å²) in [6, 6.07) is 7.61. The maximum atomic E-state index is 12.2. The van der Waals surface area contributed by atoms with E-state index >= 15 is 0 Å². The van der Waals surface area contributed by atoms with Crippen molar-refractivity contribution in [2.24, 2.45) is 0 Å². The van der Waals surface area contributed by atoms with Gasteiger partial charge in [-0.25, -0.2) is 11.7 Å². The zero-order valence-electron chi connectivity index (χ0n) is 12.6. The molecule has 0 radical (unpaired) electrons. The van der Waals surface area contributed by atoms with E-state index in [9.17, 15) is 9.59 Å². The molecule has 1 saturated heterocycles. The summed E-state index contributed by atoms with van der Waals surface area (Å²) in [6.07, 6.45) is 1.09. The average Bonchev–Trinajstić information content (AvgIpc) is 2.91. The molecule has 1 aliphatic heterocycles. The summed E-state index contributed by atoms with van der Waals surface area (Å²) < 4.78 is 0. The summed E-state index contributed by atoms with van der Waals surface area (Å²) in [5.41, 5.74) is 3.02. The number of aromatic nitrogens is 1. The van der Waals surface area contributed by atoms with Crippen molar-refractivity contribution in [3.8, 4) is 0 Å². The van der Waals surface area contributed by atoms with Crippen LogP contribution in [0.15, 0.2) is 24.3 Å². The minimum Gasteiger partial charge on any atom is -0.312 e. The Labute approximate surface area is 177 Å². The molecule has 1 N–H and O–H groups in total. The number of carbonyl (C=O) groups is 2. The Morgan fingerprint density at radius 1 is 1.23 bits per heavy atom. The Hall–Kier alpha value is -0.755. The molecule has 1 aromatic carbocycles. The van der Waals surface area contributed by atoms with Crippen molar-refractivity contribution in [1.29, 1.82) is 0 Å². The Morgan fingerprint density at radius 3 is 2.55 bits per heavy atom. The van der Waals surface area contributed by atoms with Crippen molar-refractivity contribution in [3.63, 3.8) is 0 Å². The molecule has 106 valence electrons. The number of nitrogens with zero attached hydrogens (tertiary/aromatic N) is 2. The van der Waals surface area contributed by atoms with E-state index in [1.807, 2.05) is 18.2 Å². The van der Waals surface area contributed by atoms with Crippen molar-refractivity contribution >= 4 is 22.8 Å². The Kier molecular flexibility index (Phi) is 3.96. The fraction of sp³-hybridized carbons (Fsp3) is 0.250. The first-order valence-electron chi connectivity index (χ1n) is 6.83. The van der Waals surface area contributed by atoms with Crippen LogP contribution in [-0.2, 0) is 17.6 Å². The van der Waals surface area contributed by atoms with Gasteiger partial charge in [0.1, 0.15) is 5.54 Å². The van der Waals surface area contributed by atoms with Gasteiger partial charge in [0.05, 0.1) is 5.52 Å². The largest absolute Gasteiger partial charge is 1.00 e. The van der Waals surface area contributed by atoms with Gasteiger partial charge in [0.25, 0.3) is 5.91 Å². The molecular weight excluding hydrogens is 352 g/mol. The second kappa shape index (κ2) is 5.41. The number of nitrogens with one attached hydrogen (secondary N) is 1. The van der Waals surface area contributed by atoms with Gasteiger partial charge in [-0.3, -0.25) is 15.1 Å². The van der Waals surface area contributed by atoms with Gasteiger partial charge in [-0.15, -0.1) is 11.8 Å². The monoisotopic (exact) mass is 365 g/mol. The molecule has 1 fully saturated rings. The maximum absolute atomic E-state index is 12.2. The first kappa shape index (κ1) is 16.1. The first-order valence-corrected chi connectivity index (χ1v) is 6.83. The van der Waals surface area contributed by atoms with E-state index in [-0.39, 0.29) is 70.1 Å². The molecule has 1 spiro atoms. The van der Waals surface area contributed by atoms with Crippen LogP contribution < -0.4 is 63.5 Å². The fourth-order valence-corrected chi connectivity index (χ4v) is 3.37. The summed E-state index contributed by atoms with van der Waals surface area (Å²) in [5.74, 6) is -0.207. The number of benzene rings is 1. The van der Waals surface area contributed by atoms with Crippen LogP contribution in [0, 0.1) is 6.92 Å². The van der Waals surface area contributed by atoms with Crippen LogP contribution in [0.4, 0.5) is 4.79 Å². The molecule has 5 nitrogen and oxygen atoms in total. The molecular formula is C16H14N3O2Rb. The van der Waals surface area contributed by atoms with E-state index in [2.05, 4.69) is 23.3 Å². The molecule has 22 heavy (non-hydrogen) atoms. The summed E-state index contributed by atoms with van der Waals surface area (Å²) in [5, 5.41) is 3.44. The van der Waals surface area contributed by atoms with Crippen LogP contribution >= 0.6 is 0 Å². The fourth-order valence-electron chi connectivity index (χ4n) is 3.37. The van der Waals surface area contributed by atoms with Crippen LogP contribution in [0.2, 0.25) is 0 Å². The Morgan fingerprint density at radius 2 is 1.91 bits per heavy atom. The molecule has 0 unspecified atom stereocenters. The van der Waals surface area contributed by atoms with Crippen molar-refractivity contribution in [2.45, 2.75) is 18.4 Å². The molecule has 0 saturated carbocycles. The molecule has 2 heterocycles. The van der Waals surface area contributed by atoms with Crippen LogP contribution in [0.1, 0.15) is 16.8 Å². The predicted octanol–water partition coefficient (Wildman–Crippen LogP) is -1.56. The predicted molar refractivity (Wildman–Crippen MR) is 77.6 cm³/mol. The number of likely N-dealkylation sites (N-methyl/N-ethyl adjacent to an activating group) is 1. The van der Waals surface area contributed by atoms with Gasteiger partial charge >= 0.3 is 64.2 Å². The normalized spacial score (nSPS) is 22.9. The summed E-state index contributed by atoms with van der Waals surface area (Å²) in [4.78, 5) is 29.9. The molecule has 6 heteroatoms. The van der Waals surface area contributed by atoms with Gasteiger partial charge in [-0.05, 0) is 22.6 Å². The van der Waals surface area contributed by atoms with Gasteiger partial charge in [0.15, 0.2) is 0 Å². The van der Waals surface area contributed by atoms with Crippen molar-refractivity contribution in [1.82, 2.24) is 15.2 Å². The number of rotatable bonds is 0. The molecule has 1 atom stereocenters. The average molecular weight is 366 g/mol. The molecule has 1 aromatic heterocycles. The molecule has 1 aliphatic carbocycles. The minimum atomic E-state index is -0.774. The first-order chi connectivity index (χ1) is 9.99. The van der Waals surface area contributed by atoms with Gasteiger partial charge in [-0.2, -0.15) is 6.07 Å². The molecule has 4 rings (SSSR count). The van der Waals surface area contributed by atoms with E-state index in [1.54, 1.807) is 7.05 Å².